The quantitative estimate of drug-likeness (QED) is 0.586. The van der Waals surface area contributed by atoms with E-state index < -0.39 is 5.97 Å². The largest absolute Gasteiger partial charge is 0.455 e. The van der Waals surface area contributed by atoms with E-state index in [9.17, 15) is 9.59 Å². The molecule has 1 atom stereocenters. The summed E-state index contributed by atoms with van der Waals surface area (Å²) < 4.78 is 6.70. The molecule has 9 heteroatoms. The molecule has 136 valence electrons. The van der Waals surface area contributed by atoms with Gasteiger partial charge in [-0.1, -0.05) is 18.7 Å². The summed E-state index contributed by atoms with van der Waals surface area (Å²) in [4.78, 5) is 32.5. The third-order valence-corrected chi connectivity index (χ3v) is 4.46. The first kappa shape index (κ1) is 19.2. The summed E-state index contributed by atoms with van der Waals surface area (Å²) in [5.41, 5.74) is 2.22. The van der Waals surface area contributed by atoms with Crippen molar-refractivity contribution in [3.63, 3.8) is 0 Å². The standard InChI is InChI=1S/C16H23N5O3S/c1-6-9(2)17-13(22)8-24-14(23)7-12-10(3)18-15-19-16(25-5)20-21(15)11(12)4/h9H,6-8H2,1-5H3,(H,17,22)/t9-/m1/s1. The fourth-order valence-corrected chi connectivity index (χ4v) is 2.63. The third kappa shape index (κ3) is 4.68. The van der Waals surface area contributed by atoms with Crippen LogP contribution in [-0.4, -0.2) is 50.4 Å². The van der Waals surface area contributed by atoms with Crippen molar-refractivity contribution in [3.05, 3.63) is 17.0 Å². The minimum Gasteiger partial charge on any atom is -0.455 e. The molecular weight excluding hydrogens is 342 g/mol. The first-order valence-corrected chi connectivity index (χ1v) is 9.30. The number of fused-ring (bicyclic) bond motifs is 1. The van der Waals surface area contributed by atoms with Crippen LogP contribution < -0.4 is 5.32 Å². The van der Waals surface area contributed by atoms with Gasteiger partial charge in [0, 0.05) is 23.0 Å². The molecule has 0 fully saturated rings. The van der Waals surface area contributed by atoms with Crippen molar-refractivity contribution < 1.29 is 14.3 Å². The number of nitrogens with zero attached hydrogens (tertiary/aromatic N) is 4. The highest BCUT2D eigenvalue weighted by atomic mass is 32.2. The number of esters is 1. The van der Waals surface area contributed by atoms with E-state index in [-0.39, 0.29) is 25.0 Å². The van der Waals surface area contributed by atoms with Gasteiger partial charge in [0.05, 0.1) is 6.42 Å². The summed E-state index contributed by atoms with van der Waals surface area (Å²) in [5, 5.41) is 7.72. The Bertz CT molecular complexity index is 790. The van der Waals surface area contributed by atoms with Gasteiger partial charge in [0.1, 0.15) is 0 Å². The second-order valence-corrected chi connectivity index (χ2v) is 6.56. The molecule has 25 heavy (non-hydrogen) atoms. The van der Waals surface area contributed by atoms with Crippen LogP contribution in [0.5, 0.6) is 0 Å². The lowest BCUT2D eigenvalue weighted by Crippen LogP contribution is -2.35. The Balaban J connectivity index is 2.06. The van der Waals surface area contributed by atoms with Gasteiger partial charge in [0.15, 0.2) is 6.61 Å². The molecule has 0 saturated carbocycles. The number of amides is 1. The number of nitrogens with one attached hydrogen (secondary N) is 1. The first-order valence-electron chi connectivity index (χ1n) is 8.07. The van der Waals surface area contributed by atoms with E-state index in [0.29, 0.717) is 16.6 Å². The SMILES string of the molecule is CC[C@@H](C)NC(=O)COC(=O)Cc1c(C)nc2nc(SC)nn2c1C. The second-order valence-electron chi connectivity index (χ2n) is 5.79. The number of hydrogen-bond donors (Lipinski definition) is 1. The van der Waals surface area contributed by atoms with Crippen molar-refractivity contribution in [3.8, 4) is 0 Å². The Morgan fingerprint density at radius 1 is 1.32 bits per heavy atom. The van der Waals surface area contributed by atoms with E-state index in [1.807, 2.05) is 34.0 Å². The van der Waals surface area contributed by atoms with Gasteiger partial charge in [-0.15, -0.1) is 5.10 Å². The molecule has 2 rings (SSSR count). The van der Waals surface area contributed by atoms with E-state index >= 15 is 0 Å². The lowest BCUT2D eigenvalue weighted by atomic mass is 10.1. The van der Waals surface area contributed by atoms with Crippen molar-refractivity contribution in [2.75, 3.05) is 12.9 Å². The summed E-state index contributed by atoms with van der Waals surface area (Å²) in [6.07, 6.45) is 2.74. The average molecular weight is 365 g/mol. The minimum absolute atomic E-state index is 0.0334. The number of ether oxygens (including phenoxy) is 1. The van der Waals surface area contributed by atoms with E-state index in [2.05, 4.69) is 20.4 Å². The molecule has 0 aliphatic rings. The van der Waals surface area contributed by atoms with Crippen molar-refractivity contribution in [1.29, 1.82) is 0 Å². The molecule has 2 aromatic heterocycles. The molecule has 0 bridgehead atoms. The fourth-order valence-electron chi connectivity index (χ4n) is 2.29. The second kappa shape index (κ2) is 8.28. The predicted octanol–water partition coefficient (Wildman–Crippen LogP) is 1.46. The zero-order valence-corrected chi connectivity index (χ0v) is 15.9. The highest BCUT2D eigenvalue weighted by Gasteiger charge is 2.17. The predicted molar refractivity (Wildman–Crippen MR) is 94.6 cm³/mol. The van der Waals surface area contributed by atoms with Gasteiger partial charge >= 0.3 is 5.97 Å². The molecule has 0 spiro atoms. The van der Waals surface area contributed by atoms with Crippen LogP contribution in [0.25, 0.3) is 5.78 Å². The summed E-state index contributed by atoms with van der Waals surface area (Å²) in [6.45, 7) is 7.26. The van der Waals surface area contributed by atoms with Gasteiger partial charge in [-0.25, -0.2) is 9.50 Å². The Labute approximate surface area is 150 Å². The summed E-state index contributed by atoms with van der Waals surface area (Å²) in [5.74, 6) is -0.271. The van der Waals surface area contributed by atoms with Crippen molar-refractivity contribution in [2.45, 2.75) is 51.7 Å². The molecule has 0 saturated heterocycles. The Morgan fingerprint density at radius 2 is 2.04 bits per heavy atom. The number of carbonyl (C=O) groups is 2. The monoisotopic (exact) mass is 365 g/mol. The van der Waals surface area contributed by atoms with Crippen molar-refractivity contribution >= 4 is 29.4 Å². The van der Waals surface area contributed by atoms with E-state index in [1.54, 1.807) is 4.52 Å². The molecular formula is C16H23N5O3S. The highest BCUT2D eigenvalue weighted by Crippen LogP contribution is 2.17. The average Bonchev–Trinajstić information content (AvgIpc) is 2.99. The zero-order valence-electron chi connectivity index (χ0n) is 15.1. The van der Waals surface area contributed by atoms with Gasteiger partial charge < -0.3 is 10.1 Å². The van der Waals surface area contributed by atoms with Gasteiger partial charge in [0.2, 0.25) is 5.16 Å². The van der Waals surface area contributed by atoms with Crippen molar-refractivity contribution in [2.24, 2.45) is 0 Å². The molecule has 0 aliphatic heterocycles. The maximum atomic E-state index is 12.1. The minimum atomic E-state index is -0.475. The lowest BCUT2D eigenvalue weighted by molar-refractivity contribution is -0.148. The molecule has 1 N–H and O–H groups in total. The smallest absolute Gasteiger partial charge is 0.310 e. The zero-order chi connectivity index (χ0) is 18.6. The Hall–Kier alpha value is -2.16. The molecule has 8 nitrogen and oxygen atoms in total. The molecule has 1 amide bonds. The van der Waals surface area contributed by atoms with Crippen LogP contribution in [-0.2, 0) is 20.7 Å². The third-order valence-electron chi connectivity index (χ3n) is 3.92. The number of aryl methyl sites for hydroxylation is 2. The molecule has 0 radical (unpaired) electrons. The number of thioether (sulfide) groups is 1. The number of carbonyl (C=O) groups excluding carboxylic acids is 2. The summed E-state index contributed by atoms with van der Waals surface area (Å²) >= 11 is 1.43. The number of rotatable bonds is 7. The molecule has 0 aromatic carbocycles. The van der Waals surface area contributed by atoms with Crippen LogP contribution in [0.1, 0.15) is 37.2 Å². The molecule has 2 heterocycles. The Morgan fingerprint density at radius 3 is 2.68 bits per heavy atom. The molecule has 0 unspecified atom stereocenters. The number of hydrogen-bond acceptors (Lipinski definition) is 7. The fraction of sp³-hybridized carbons (Fsp3) is 0.562. The topological polar surface area (TPSA) is 98.5 Å². The van der Waals surface area contributed by atoms with E-state index in [4.69, 9.17) is 4.74 Å². The summed E-state index contributed by atoms with van der Waals surface area (Å²) in [6, 6.07) is 0.0558. The normalized spacial score (nSPS) is 12.2. The first-order chi connectivity index (χ1) is 11.8. The Kier molecular flexibility index (Phi) is 6.35. The van der Waals surface area contributed by atoms with E-state index in [1.165, 1.54) is 11.8 Å². The maximum absolute atomic E-state index is 12.1. The molecule has 0 aliphatic carbocycles. The van der Waals surface area contributed by atoms with Crippen LogP contribution in [0.3, 0.4) is 0 Å². The van der Waals surface area contributed by atoms with Crippen LogP contribution in [0, 0.1) is 13.8 Å². The number of aromatic nitrogens is 4. The van der Waals surface area contributed by atoms with Gasteiger partial charge in [-0.3, -0.25) is 9.59 Å². The highest BCUT2D eigenvalue weighted by molar-refractivity contribution is 7.98. The van der Waals surface area contributed by atoms with Gasteiger partial charge in [-0.2, -0.15) is 4.98 Å². The summed E-state index contributed by atoms with van der Waals surface area (Å²) in [7, 11) is 0. The van der Waals surface area contributed by atoms with Crippen LogP contribution in [0.2, 0.25) is 0 Å². The lowest BCUT2D eigenvalue weighted by Gasteiger charge is -2.12. The van der Waals surface area contributed by atoms with Gasteiger partial charge in [0.25, 0.3) is 11.7 Å². The molecule has 2 aromatic rings. The van der Waals surface area contributed by atoms with Crippen LogP contribution >= 0.6 is 11.8 Å². The maximum Gasteiger partial charge on any atom is 0.310 e. The van der Waals surface area contributed by atoms with Gasteiger partial charge in [-0.05, 0) is 33.4 Å². The van der Waals surface area contributed by atoms with Crippen molar-refractivity contribution in [1.82, 2.24) is 24.9 Å². The van der Waals surface area contributed by atoms with Crippen LogP contribution in [0.15, 0.2) is 5.16 Å². The van der Waals surface area contributed by atoms with E-state index in [0.717, 1.165) is 17.7 Å². The van der Waals surface area contributed by atoms with Crippen LogP contribution in [0.4, 0.5) is 0 Å².